The number of carbonyl (C=O) groups is 1. The maximum absolute atomic E-state index is 13.7. The van der Waals surface area contributed by atoms with E-state index in [-0.39, 0.29) is 5.91 Å². The van der Waals surface area contributed by atoms with Crippen LogP contribution in [0.4, 0.5) is 0 Å². The second-order valence-corrected chi connectivity index (χ2v) is 12.4. The number of imidazole rings is 1. The maximum atomic E-state index is 13.7. The average molecular weight is 550 g/mol. The predicted octanol–water partition coefficient (Wildman–Crippen LogP) is 5.58. The number of hydrogen-bond donors (Lipinski definition) is 1. The third kappa shape index (κ3) is 3.74. The van der Waals surface area contributed by atoms with Gasteiger partial charge < -0.3 is 18.8 Å². The molecule has 8 rings (SSSR count). The molecule has 3 fully saturated rings. The van der Waals surface area contributed by atoms with E-state index in [0.717, 1.165) is 70.0 Å². The Morgan fingerprint density at radius 2 is 1.98 bits per heavy atom. The highest BCUT2D eigenvalue weighted by atomic mass is 16.5. The van der Waals surface area contributed by atoms with Crippen molar-refractivity contribution in [3.8, 4) is 28.5 Å². The van der Waals surface area contributed by atoms with Crippen LogP contribution in [0.1, 0.15) is 48.7 Å². The highest BCUT2D eigenvalue weighted by molar-refractivity contribution is 6.00. The summed E-state index contributed by atoms with van der Waals surface area (Å²) in [6.07, 6.45) is 6.64. The summed E-state index contributed by atoms with van der Waals surface area (Å²) in [5, 5.41) is 8.31. The normalized spacial score (nSPS) is 22.0. The summed E-state index contributed by atoms with van der Waals surface area (Å²) in [6.45, 7) is 6.06. The topological polar surface area (TPSA) is 93.9 Å². The highest BCUT2D eigenvalue weighted by Gasteiger charge is 2.46. The Bertz CT molecular complexity index is 1840. The van der Waals surface area contributed by atoms with Crippen LogP contribution >= 0.6 is 0 Å². The monoisotopic (exact) mass is 549 g/mol. The maximum Gasteiger partial charge on any atom is 0.254 e. The quantitative estimate of drug-likeness (QED) is 0.299. The fraction of sp³-hybridized carbons (Fsp3) is 0.438. The molecule has 41 heavy (non-hydrogen) atoms. The van der Waals surface area contributed by atoms with Crippen LogP contribution in [0.2, 0.25) is 0 Å². The van der Waals surface area contributed by atoms with E-state index in [1.165, 1.54) is 19.3 Å². The van der Waals surface area contributed by atoms with Crippen LogP contribution in [0.3, 0.4) is 0 Å². The van der Waals surface area contributed by atoms with E-state index in [0.29, 0.717) is 35.1 Å². The second-order valence-electron chi connectivity index (χ2n) is 12.4. The standard InChI is InChI=1S/C32H35N7O2/c1-17-21-8-10-26(17)39(16-21)32(40)22-11-25-29(28(13-22)41-4)37(3)31(35-25)27-12-20-7-9-24(23-14-33-36-18(23)2)34-30(20)38(27)15-19-5-6-19/h7,9,11-14,17,19,21,26H,5-6,8,10,15-16H2,1-4H3,(H,33,36)/t17-,21?,26?/m1/s1. The van der Waals surface area contributed by atoms with Crippen molar-refractivity contribution in [2.75, 3.05) is 13.7 Å². The largest absolute Gasteiger partial charge is 0.494 e. The third-order valence-corrected chi connectivity index (χ3v) is 9.89. The van der Waals surface area contributed by atoms with Gasteiger partial charge in [0.2, 0.25) is 0 Å². The molecule has 1 N–H and O–H groups in total. The number of aromatic amines is 1. The number of hydrogen-bond acceptors (Lipinski definition) is 5. The first kappa shape index (κ1) is 24.6. The van der Waals surface area contributed by atoms with Gasteiger partial charge in [0.15, 0.2) is 5.82 Å². The molecule has 3 atom stereocenters. The van der Waals surface area contributed by atoms with E-state index in [1.54, 1.807) is 7.11 Å². The number of likely N-dealkylation sites (tertiary alicyclic amines) is 1. The molecule has 5 heterocycles. The molecule has 1 saturated heterocycles. The Labute approximate surface area is 238 Å². The van der Waals surface area contributed by atoms with Gasteiger partial charge in [-0.25, -0.2) is 9.97 Å². The number of aromatic nitrogens is 6. The first-order valence-electron chi connectivity index (χ1n) is 14.8. The SMILES string of the molecule is COc1cc(C(=O)N2CC3CCC2[C@@H]3C)cc2nc(-c3cc4ccc(-c5cn[nH]c5C)nc4n3CC3CC3)n(C)c12. The molecule has 9 nitrogen and oxygen atoms in total. The molecule has 2 saturated carbocycles. The number of piperidine rings is 1. The van der Waals surface area contributed by atoms with Gasteiger partial charge in [-0.3, -0.25) is 9.89 Å². The number of pyridine rings is 1. The number of nitrogens with one attached hydrogen (secondary N) is 1. The van der Waals surface area contributed by atoms with Crippen LogP contribution in [0, 0.1) is 24.7 Å². The Kier molecular flexibility index (Phi) is 5.37. The molecule has 2 bridgehead atoms. The van der Waals surface area contributed by atoms with E-state index in [1.807, 2.05) is 32.3 Å². The number of carbonyl (C=O) groups excluding carboxylic acids is 1. The Balaban J connectivity index is 1.25. The van der Waals surface area contributed by atoms with Crippen molar-refractivity contribution >= 4 is 28.0 Å². The fourth-order valence-corrected chi connectivity index (χ4v) is 7.34. The van der Waals surface area contributed by atoms with Crippen molar-refractivity contribution in [1.29, 1.82) is 0 Å². The number of ether oxygens (including phenoxy) is 1. The molecule has 3 aliphatic rings. The van der Waals surface area contributed by atoms with Crippen LogP contribution < -0.4 is 4.74 Å². The van der Waals surface area contributed by atoms with E-state index >= 15 is 0 Å². The van der Waals surface area contributed by atoms with Crippen molar-refractivity contribution in [2.45, 2.75) is 52.1 Å². The molecule has 1 aromatic carbocycles. The number of amides is 1. The van der Waals surface area contributed by atoms with Crippen LogP contribution in [0.15, 0.2) is 36.5 Å². The molecule has 2 aliphatic carbocycles. The Hall–Kier alpha value is -4.14. The van der Waals surface area contributed by atoms with Gasteiger partial charge in [-0.2, -0.15) is 5.10 Å². The van der Waals surface area contributed by atoms with Gasteiger partial charge >= 0.3 is 0 Å². The summed E-state index contributed by atoms with van der Waals surface area (Å²) in [5.74, 6) is 3.45. The molecule has 1 aliphatic heterocycles. The predicted molar refractivity (Wildman–Crippen MR) is 158 cm³/mol. The van der Waals surface area contributed by atoms with Gasteiger partial charge in [-0.05, 0) is 80.7 Å². The lowest BCUT2D eigenvalue weighted by Gasteiger charge is -2.27. The Morgan fingerprint density at radius 3 is 2.66 bits per heavy atom. The number of nitrogens with zero attached hydrogens (tertiary/aromatic N) is 6. The number of rotatable bonds is 6. The molecular formula is C32H35N7O2. The van der Waals surface area contributed by atoms with Crippen LogP contribution in [-0.2, 0) is 13.6 Å². The molecular weight excluding hydrogens is 514 g/mol. The van der Waals surface area contributed by atoms with Crippen LogP contribution in [-0.4, -0.2) is 59.8 Å². The smallest absolute Gasteiger partial charge is 0.254 e. The highest BCUT2D eigenvalue weighted by Crippen LogP contribution is 2.44. The van der Waals surface area contributed by atoms with Gasteiger partial charge in [0.1, 0.15) is 16.9 Å². The molecule has 5 aromatic rings. The van der Waals surface area contributed by atoms with Crippen molar-refractivity contribution in [3.63, 3.8) is 0 Å². The van der Waals surface area contributed by atoms with E-state index in [4.69, 9.17) is 14.7 Å². The minimum atomic E-state index is 0.0885. The second kappa shape index (κ2) is 8.93. The van der Waals surface area contributed by atoms with Gasteiger partial charge in [-0.15, -0.1) is 0 Å². The first-order chi connectivity index (χ1) is 19.9. The fourth-order valence-electron chi connectivity index (χ4n) is 7.34. The number of methoxy groups -OCH3 is 1. The van der Waals surface area contributed by atoms with E-state index in [2.05, 4.69) is 49.4 Å². The first-order valence-corrected chi connectivity index (χ1v) is 14.8. The Morgan fingerprint density at radius 1 is 1.12 bits per heavy atom. The summed E-state index contributed by atoms with van der Waals surface area (Å²) >= 11 is 0. The summed E-state index contributed by atoms with van der Waals surface area (Å²) < 4.78 is 10.3. The summed E-state index contributed by atoms with van der Waals surface area (Å²) in [4.78, 5) is 26.1. The third-order valence-electron chi connectivity index (χ3n) is 9.89. The molecule has 0 spiro atoms. The lowest BCUT2D eigenvalue weighted by Crippen LogP contribution is -2.38. The minimum absolute atomic E-state index is 0.0885. The summed E-state index contributed by atoms with van der Waals surface area (Å²) in [6, 6.07) is 10.6. The average Bonchev–Trinajstić information content (AvgIpc) is 3.23. The zero-order valence-corrected chi connectivity index (χ0v) is 24.0. The number of aryl methyl sites for hydroxylation is 2. The number of H-pyrrole nitrogens is 1. The number of benzene rings is 1. The van der Waals surface area contributed by atoms with Gasteiger partial charge in [0.05, 0.1) is 30.2 Å². The molecule has 210 valence electrons. The zero-order valence-electron chi connectivity index (χ0n) is 24.0. The summed E-state index contributed by atoms with van der Waals surface area (Å²) in [7, 11) is 3.70. The van der Waals surface area contributed by atoms with Crippen LogP contribution in [0.25, 0.3) is 44.8 Å². The van der Waals surface area contributed by atoms with Gasteiger partial charge in [-0.1, -0.05) is 6.92 Å². The van der Waals surface area contributed by atoms with Gasteiger partial charge in [0.25, 0.3) is 5.91 Å². The van der Waals surface area contributed by atoms with Crippen molar-refractivity contribution in [1.82, 2.24) is 34.2 Å². The van der Waals surface area contributed by atoms with E-state index in [9.17, 15) is 4.79 Å². The van der Waals surface area contributed by atoms with Crippen LogP contribution in [0.5, 0.6) is 5.75 Å². The van der Waals surface area contributed by atoms with Crippen molar-refractivity contribution in [3.05, 3.63) is 47.8 Å². The van der Waals surface area contributed by atoms with Crippen molar-refractivity contribution in [2.24, 2.45) is 24.8 Å². The molecule has 0 radical (unpaired) electrons. The zero-order chi connectivity index (χ0) is 28.0. The lowest BCUT2D eigenvalue weighted by atomic mass is 10.0. The lowest BCUT2D eigenvalue weighted by molar-refractivity contribution is 0.0696. The molecule has 2 unspecified atom stereocenters. The molecule has 1 amide bonds. The van der Waals surface area contributed by atoms with Gasteiger partial charge in [0, 0.05) is 48.4 Å². The molecule has 9 heteroatoms. The molecule has 4 aromatic heterocycles. The van der Waals surface area contributed by atoms with Crippen molar-refractivity contribution < 1.29 is 9.53 Å². The van der Waals surface area contributed by atoms with E-state index < -0.39 is 0 Å². The number of fused-ring (bicyclic) bond motifs is 4. The summed E-state index contributed by atoms with van der Waals surface area (Å²) in [5.41, 5.74) is 7.22. The minimum Gasteiger partial charge on any atom is -0.494 e.